The number of methoxy groups -OCH3 is 1. The van der Waals surface area contributed by atoms with Crippen molar-refractivity contribution in [3.63, 3.8) is 0 Å². The lowest BCUT2D eigenvalue weighted by Gasteiger charge is -2.13. The lowest BCUT2D eigenvalue weighted by Crippen LogP contribution is -2.19. The molecular weight excluding hydrogens is 490 g/mol. The number of carboxylic acids is 1. The highest BCUT2D eigenvalue weighted by Crippen LogP contribution is 2.49. The summed E-state index contributed by atoms with van der Waals surface area (Å²) in [6.07, 6.45) is 1.36. The number of aromatic nitrogens is 2. The molecule has 0 radical (unpaired) electrons. The van der Waals surface area contributed by atoms with Gasteiger partial charge in [-0.2, -0.15) is 0 Å². The number of ether oxygens (including phenoxy) is 1. The second kappa shape index (κ2) is 9.76. The van der Waals surface area contributed by atoms with Gasteiger partial charge in [-0.05, 0) is 60.7 Å². The van der Waals surface area contributed by atoms with E-state index in [1.807, 2.05) is 97.9 Å². The van der Waals surface area contributed by atoms with E-state index in [1.54, 1.807) is 7.11 Å². The number of carboxylic acid groups (broad SMARTS) is 1. The summed E-state index contributed by atoms with van der Waals surface area (Å²) in [6, 6.07) is 29.3. The molecule has 0 atom stereocenters. The molecule has 2 heterocycles. The molecule has 5 aromatic rings. The average molecular weight is 518 g/mol. The van der Waals surface area contributed by atoms with E-state index >= 15 is 0 Å². The van der Waals surface area contributed by atoms with E-state index in [2.05, 4.69) is 10.5 Å². The number of pyridine rings is 1. The van der Waals surface area contributed by atoms with Gasteiger partial charge in [0.25, 0.3) is 0 Å². The summed E-state index contributed by atoms with van der Waals surface area (Å²) in [5, 5.41) is 17.3. The molecule has 2 N–H and O–H groups in total. The van der Waals surface area contributed by atoms with E-state index < -0.39 is 11.4 Å². The van der Waals surface area contributed by atoms with Crippen LogP contribution in [0.5, 0.6) is 5.75 Å². The molecular formula is C32H27N3O4. The number of benzene rings is 3. The summed E-state index contributed by atoms with van der Waals surface area (Å²) in [4.78, 5) is 16.6. The Morgan fingerprint density at radius 1 is 0.923 bits per heavy atom. The molecule has 6 rings (SSSR count). The van der Waals surface area contributed by atoms with Gasteiger partial charge in [-0.25, -0.2) is 4.98 Å². The van der Waals surface area contributed by atoms with E-state index in [0.29, 0.717) is 30.1 Å². The maximum atomic E-state index is 11.8. The summed E-state index contributed by atoms with van der Waals surface area (Å²) in [5.74, 6) is 1.27. The molecule has 1 saturated carbocycles. The monoisotopic (exact) mass is 517 g/mol. The van der Waals surface area contributed by atoms with E-state index in [1.165, 1.54) is 0 Å². The second-order valence-electron chi connectivity index (χ2n) is 9.75. The number of carbonyl (C=O) groups is 1. The first-order valence-electron chi connectivity index (χ1n) is 12.8. The fourth-order valence-corrected chi connectivity index (χ4v) is 4.93. The molecule has 0 bridgehead atoms. The number of aryl methyl sites for hydroxylation is 1. The third kappa shape index (κ3) is 4.52. The van der Waals surface area contributed by atoms with Crippen LogP contribution in [0.15, 0.2) is 95.5 Å². The maximum Gasteiger partial charge on any atom is 0.314 e. The molecule has 0 aliphatic heterocycles. The Labute approximate surface area is 226 Å². The van der Waals surface area contributed by atoms with Gasteiger partial charge in [-0.15, -0.1) is 0 Å². The molecule has 1 aliphatic rings. The van der Waals surface area contributed by atoms with Crippen molar-refractivity contribution in [3.8, 4) is 39.5 Å². The highest BCUT2D eigenvalue weighted by Gasteiger charge is 2.51. The summed E-state index contributed by atoms with van der Waals surface area (Å²) >= 11 is 0. The largest absolute Gasteiger partial charge is 0.497 e. The van der Waals surface area contributed by atoms with Crippen molar-refractivity contribution < 1.29 is 19.2 Å². The molecule has 0 spiro atoms. The fraction of sp³-hybridized carbons (Fsp3) is 0.156. The van der Waals surface area contributed by atoms with E-state index in [-0.39, 0.29) is 0 Å². The minimum absolute atomic E-state index is 0.602. The van der Waals surface area contributed by atoms with Crippen molar-refractivity contribution in [2.75, 3.05) is 12.4 Å². The van der Waals surface area contributed by atoms with Gasteiger partial charge in [0, 0.05) is 11.1 Å². The predicted octanol–water partition coefficient (Wildman–Crippen LogP) is 7.25. The standard InChI is InChI=1S/C32H27N3O4/c1-20-29(34-28-12-6-11-27(33-28)22-7-5-8-24(19-22)38-2)30(39-35-20)26-10-4-3-9-25(26)21-13-15-23(16-14-21)32(17-18-32)31(36)37/h3-16,19H,17-18H2,1-2H3,(H,33,34)(H,36,37). The highest BCUT2D eigenvalue weighted by molar-refractivity contribution is 5.89. The summed E-state index contributed by atoms with van der Waals surface area (Å²) in [7, 11) is 1.65. The first-order valence-corrected chi connectivity index (χ1v) is 12.8. The number of hydrogen-bond acceptors (Lipinski definition) is 6. The number of nitrogens with one attached hydrogen (secondary N) is 1. The molecule has 3 aromatic carbocycles. The van der Waals surface area contributed by atoms with Gasteiger partial charge in [-0.3, -0.25) is 4.79 Å². The van der Waals surface area contributed by atoms with Crippen LogP contribution in [0.1, 0.15) is 24.1 Å². The normalized spacial score (nSPS) is 13.6. The van der Waals surface area contributed by atoms with E-state index in [4.69, 9.17) is 14.2 Å². The summed E-state index contributed by atoms with van der Waals surface area (Å²) in [5.41, 5.74) is 6.11. The van der Waals surface area contributed by atoms with Crippen molar-refractivity contribution in [2.45, 2.75) is 25.2 Å². The molecule has 1 aliphatic carbocycles. The van der Waals surface area contributed by atoms with Gasteiger partial charge in [0.15, 0.2) is 5.76 Å². The lowest BCUT2D eigenvalue weighted by atomic mass is 9.92. The Hall–Kier alpha value is -4.91. The zero-order chi connectivity index (χ0) is 27.0. The SMILES string of the molecule is COc1cccc(-c2cccc(Nc3c(C)noc3-c3ccccc3-c3ccc(C4(C(=O)O)CC4)cc3)n2)c1. The Kier molecular flexibility index (Phi) is 6.11. The molecule has 0 unspecified atom stereocenters. The Morgan fingerprint density at radius 2 is 1.67 bits per heavy atom. The smallest absolute Gasteiger partial charge is 0.314 e. The number of rotatable bonds is 8. The topological polar surface area (TPSA) is 97.5 Å². The molecule has 7 heteroatoms. The quantitative estimate of drug-likeness (QED) is 0.224. The molecule has 2 aromatic heterocycles. The van der Waals surface area contributed by atoms with Crippen molar-refractivity contribution in [3.05, 3.63) is 102 Å². The number of aliphatic carboxylic acids is 1. The number of anilines is 2. The van der Waals surface area contributed by atoms with Crippen LogP contribution < -0.4 is 10.1 Å². The van der Waals surface area contributed by atoms with Gasteiger partial charge >= 0.3 is 5.97 Å². The van der Waals surface area contributed by atoms with Gasteiger partial charge < -0.3 is 19.7 Å². The van der Waals surface area contributed by atoms with Crippen molar-refractivity contribution >= 4 is 17.5 Å². The van der Waals surface area contributed by atoms with Gasteiger partial charge in [0.1, 0.15) is 22.9 Å². The van der Waals surface area contributed by atoms with Crippen molar-refractivity contribution in [1.29, 1.82) is 0 Å². The summed E-state index contributed by atoms with van der Waals surface area (Å²) in [6.45, 7) is 1.89. The molecule has 0 saturated heterocycles. The van der Waals surface area contributed by atoms with Crippen LogP contribution in [-0.2, 0) is 10.2 Å². The molecule has 1 fully saturated rings. The van der Waals surface area contributed by atoms with Crippen molar-refractivity contribution in [2.24, 2.45) is 0 Å². The van der Waals surface area contributed by atoms with Gasteiger partial charge in [0.2, 0.25) is 0 Å². The van der Waals surface area contributed by atoms with Gasteiger partial charge in [-0.1, -0.05) is 71.9 Å². The van der Waals surface area contributed by atoms with Crippen LogP contribution in [0.25, 0.3) is 33.7 Å². The number of hydrogen-bond donors (Lipinski definition) is 2. The van der Waals surface area contributed by atoms with E-state index in [0.717, 1.165) is 44.9 Å². The molecule has 194 valence electrons. The van der Waals surface area contributed by atoms with Crippen LogP contribution in [0.3, 0.4) is 0 Å². The van der Waals surface area contributed by atoms with Gasteiger partial charge in [0.05, 0.1) is 18.2 Å². The predicted molar refractivity (Wildman–Crippen MR) is 150 cm³/mol. The Bertz CT molecular complexity index is 1670. The average Bonchev–Trinajstić information content (AvgIpc) is 3.72. The maximum absolute atomic E-state index is 11.8. The highest BCUT2D eigenvalue weighted by atomic mass is 16.5. The van der Waals surface area contributed by atoms with Crippen LogP contribution in [0.4, 0.5) is 11.5 Å². The fourth-order valence-electron chi connectivity index (χ4n) is 4.93. The first-order chi connectivity index (χ1) is 19.0. The van der Waals surface area contributed by atoms with Crippen LogP contribution in [-0.4, -0.2) is 28.3 Å². The van der Waals surface area contributed by atoms with Crippen LogP contribution >= 0.6 is 0 Å². The minimum Gasteiger partial charge on any atom is -0.497 e. The van der Waals surface area contributed by atoms with Crippen molar-refractivity contribution in [1.82, 2.24) is 10.1 Å². The summed E-state index contributed by atoms with van der Waals surface area (Å²) < 4.78 is 11.2. The lowest BCUT2D eigenvalue weighted by molar-refractivity contribution is -0.140. The zero-order valence-corrected chi connectivity index (χ0v) is 21.6. The minimum atomic E-state index is -0.757. The van der Waals surface area contributed by atoms with Crippen LogP contribution in [0.2, 0.25) is 0 Å². The zero-order valence-electron chi connectivity index (χ0n) is 21.6. The van der Waals surface area contributed by atoms with E-state index in [9.17, 15) is 9.90 Å². The Morgan fingerprint density at radius 3 is 2.38 bits per heavy atom. The second-order valence-corrected chi connectivity index (χ2v) is 9.75. The van der Waals surface area contributed by atoms with Crippen LogP contribution in [0, 0.1) is 6.92 Å². The molecule has 0 amide bonds. The Balaban J connectivity index is 1.34. The third-order valence-corrected chi connectivity index (χ3v) is 7.31. The molecule has 39 heavy (non-hydrogen) atoms. The molecule has 7 nitrogen and oxygen atoms in total. The first kappa shape index (κ1) is 24.4. The third-order valence-electron chi connectivity index (χ3n) is 7.31. The number of nitrogens with zero attached hydrogens (tertiary/aromatic N) is 2.